The minimum absolute atomic E-state index is 0.219. The Bertz CT molecular complexity index is 1280. The number of benzene rings is 3. The predicted molar refractivity (Wildman–Crippen MR) is 129 cm³/mol. The molecule has 3 aromatic carbocycles. The van der Waals surface area contributed by atoms with Gasteiger partial charge in [0, 0.05) is 17.7 Å². The molecule has 0 saturated carbocycles. The summed E-state index contributed by atoms with van der Waals surface area (Å²) in [7, 11) is -4.06. The quantitative estimate of drug-likeness (QED) is 0.612. The van der Waals surface area contributed by atoms with Crippen molar-refractivity contribution in [1.82, 2.24) is 5.32 Å². The van der Waals surface area contributed by atoms with E-state index in [0.717, 1.165) is 16.7 Å². The van der Waals surface area contributed by atoms with Crippen molar-refractivity contribution in [2.24, 2.45) is 0 Å². The van der Waals surface area contributed by atoms with Crippen LogP contribution in [0.4, 0.5) is 5.69 Å². The molecule has 1 N–H and O–H groups in total. The zero-order valence-corrected chi connectivity index (χ0v) is 19.2. The second kappa shape index (κ2) is 8.63. The van der Waals surface area contributed by atoms with E-state index in [4.69, 9.17) is 0 Å². The monoisotopic (exact) mass is 446 g/mol. The Labute approximate surface area is 189 Å². The smallest absolute Gasteiger partial charge is 0.270 e. The van der Waals surface area contributed by atoms with Crippen LogP contribution in [0.2, 0.25) is 0 Å². The maximum absolute atomic E-state index is 13.7. The maximum Gasteiger partial charge on any atom is 0.270 e. The van der Waals surface area contributed by atoms with Crippen LogP contribution in [0.5, 0.6) is 0 Å². The summed E-state index contributed by atoms with van der Waals surface area (Å²) in [5.74, 6) is -0.607. The van der Waals surface area contributed by atoms with Crippen molar-refractivity contribution < 1.29 is 13.2 Å². The van der Waals surface area contributed by atoms with Crippen molar-refractivity contribution >= 4 is 27.2 Å². The number of fused-ring (bicyclic) bond motifs is 1. The molecule has 1 aliphatic rings. The summed E-state index contributed by atoms with van der Waals surface area (Å²) in [6.45, 7) is 5.85. The van der Waals surface area contributed by atoms with E-state index in [-0.39, 0.29) is 17.5 Å². The van der Waals surface area contributed by atoms with Crippen LogP contribution in [0, 0.1) is 6.92 Å². The summed E-state index contributed by atoms with van der Waals surface area (Å²) >= 11 is 0. The number of sulfonamides is 1. The molecule has 0 saturated heterocycles. The number of aryl methyl sites for hydroxylation is 1. The molecule has 164 valence electrons. The number of carbonyl (C=O) groups excluding carboxylic acids is 1. The first-order chi connectivity index (χ1) is 15.3. The number of hydrogen-bond acceptors (Lipinski definition) is 3. The number of nitrogens with one attached hydrogen (secondary N) is 1. The average Bonchev–Trinajstić information content (AvgIpc) is 2.78. The average molecular weight is 447 g/mol. The van der Waals surface area contributed by atoms with Gasteiger partial charge in [-0.2, -0.15) is 0 Å². The largest absolute Gasteiger partial charge is 0.345 e. The highest BCUT2D eigenvalue weighted by Crippen LogP contribution is 2.42. The number of anilines is 1. The van der Waals surface area contributed by atoms with Crippen molar-refractivity contribution in [3.8, 4) is 0 Å². The molecule has 0 spiro atoms. The molecule has 32 heavy (non-hydrogen) atoms. The number of para-hydroxylation sites is 1. The van der Waals surface area contributed by atoms with Crippen LogP contribution in [0.1, 0.15) is 42.1 Å². The molecular formula is C26H26N2O3S. The molecule has 0 aromatic heterocycles. The molecular weight excluding hydrogens is 420 g/mol. The van der Waals surface area contributed by atoms with Gasteiger partial charge in [-0.1, -0.05) is 78.4 Å². The standard InChI is InChI=1S/C26H26N2O3S/c1-4-28-23-13-9-8-12-22(23)24(21-10-6-5-7-11-21)25(32(28,30)31)26(29)27-19(3)20-16-14-18(2)15-17-20/h5-17,19H,4H2,1-3H3,(H,27,29). The summed E-state index contributed by atoms with van der Waals surface area (Å²) in [4.78, 5) is 13.3. The second-order valence-electron chi connectivity index (χ2n) is 7.86. The Hall–Kier alpha value is -3.38. The van der Waals surface area contributed by atoms with Crippen LogP contribution in [0.25, 0.3) is 5.57 Å². The summed E-state index contributed by atoms with van der Waals surface area (Å²) < 4.78 is 28.7. The van der Waals surface area contributed by atoms with E-state index in [2.05, 4.69) is 5.32 Å². The first-order valence-electron chi connectivity index (χ1n) is 10.6. The molecule has 3 aromatic rings. The molecule has 1 unspecified atom stereocenters. The van der Waals surface area contributed by atoms with E-state index < -0.39 is 15.9 Å². The van der Waals surface area contributed by atoms with Gasteiger partial charge in [0.15, 0.2) is 4.91 Å². The normalized spacial score (nSPS) is 15.8. The number of nitrogens with zero attached hydrogens (tertiary/aromatic N) is 1. The van der Waals surface area contributed by atoms with Crippen LogP contribution in [0.3, 0.4) is 0 Å². The van der Waals surface area contributed by atoms with Gasteiger partial charge in [-0.05, 0) is 38.0 Å². The SMILES string of the molecule is CCN1c2ccccc2C(c2ccccc2)=C(C(=O)NC(C)c2ccc(C)cc2)S1(=O)=O. The zero-order chi connectivity index (χ0) is 22.9. The number of hydrogen-bond donors (Lipinski definition) is 1. The molecule has 6 heteroatoms. The van der Waals surface area contributed by atoms with Crippen LogP contribution < -0.4 is 9.62 Å². The van der Waals surface area contributed by atoms with E-state index in [0.29, 0.717) is 16.8 Å². The fourth-order valence-corrected chi connectivity index (χ4v) is 5.81. The van der Waals surface area contributed by atoms with Gasteiger partial charge in [0.1, 0.15) is 0 Å². The molecule has 1 atom stereocenters. The third-order valence-corrected chi connectivity index (χ3v) is 7.64. The van der Waals surface area contributed by atoms with Crippen LogP contribution >= 0.6 is 0 Å². The Morgan fingerprint density at radius 2 is 1.56 bits per heavy atom. The molecule has 0 bridgehead atoms. The summed E-state index contributed by atoms with van der Waals surface area (Å²) in [6, 6.07) is 24.0. The second-order valence-corrected chi connectivity index (χ2v) is 9.66. The number of rotatable bonds is 5. The van der Waals surface area contributed by atoms with Crippen molar-refractivity contribution in [2.75, 3.05) is 10.8 Å². The van der Waals surface area contributed by atoms with E-state index >= 15 is 0 Å². The number of carbonyl (C=O) groups is 1. The topological polar surface area (TPSA) is 66.5 Å². The zero-order valence-electron chi connectivity index (χ0n) is 18.4. The maximum atomic E-state index is 13.7. The van der Waals surface area contributed by atoms with Crippen LogP contribution in [-0.2, 0) is 14.8 Å². The van der Waals surface area contributed by atoms with E-state index in [1.807, 2.05) is 86.6 Å². The van der Waals surface area contributed by atoms with Crippen LogP contribution in [-0.4, -0.2) is 20.9 Å². The lowest BCUT2D eigenvalue weighted by atomic mass is 9.95. The van der Waals surface area contributed by atoms with Gasteiger partial charge in [-0.3, -0.25) is 9.10 Å². The fourth-order valence-electron chi connectivity index (χ4n) is 4.06. The van der Waals surface area contributed by atoms with Crippen molar-refractivity contribution in [1.29, 1.82) is 0 Å². The minimum Gasteiger partial charge on any atom is -0.345 e. The summed E-state index contributed by atoms with van der Waals surface area (Å²) in [5, 5.41) is 2.91. The van der Waals surface area contributed by atoms with E-state index in [1.54, 1.807) is 13.0 Å². The molecule has 1 aliphatic heterocycles. The van der Waals surface area contributed by atoms with E-state index in [9.17, 15) is 13.2 Å². The first-order valence-corrected chi connectivity index (χ1v) is 12.1. The molecule has 1 amide bonds. The lowest BCUT2D eigenvalue weighted by molar-refractivity contribution is -0.117. The fraction of sp³-hybridized carbons (Fsp3) is 0.192. The first kappa shape index (κ1) is 21.8. The van der Waals surface area contributed by atoms with Gasteiger partial charge in [0.05, 0.1) is 11.7 Å². The number of amides is 1. The van der Waals surface area contributed by atoms with Crippen molar-refractivity contribution in [3.63, 3.8) is 0 Å². The third-order valence-electron chi connectivity index (χ3n) is 5.70. The molecule has 4 rings (SSSR count). The minimum atomic E-state index is -4.06. The Balaban J connectivity index is 1.89. The summed E-state index contributed by atoms with van der Waals surface area (Å²) in [6.07, 6.45) is 0. The highest BCUT2D eigenvalue weighted by Gasteiger charge is 2.40. The highest BCUT2D eigenvalue weighted by atomic mass is 32.2. The molecule has 0 aliphatic carbocycles. The molecule has 1 heterocycles. The van der Waals surface area contributed by atoms with Gasteiger partial charge in [0.25, 0.3) is 15.9 Å². The molecule has 0 radical (unpaired) electrons. The lowest BCUT2D eigenvalue weighted by Gasteiger charge is -2.33. The highest BCUT2D eigenvalue weighted by molar-refractivity contribution is 7.97. The van der Waals surface area contributed by atoms with Gasteiger partial charge in [0.2, 0.25) is 0 Å². The Kier molecular flexibility index (Phi) is 5.89. The predicted octanol–water partition coefficient (Wildman–Crippen LogP) is 4.80. The van der Waals surface area contributed by atoms with Crippen LogP contribution in [0.15, 0.2) is 83.8 Å². The Morgan fingerprint density at radius 1 is 0.938 bits per heavy atom. The van der Waals surface area contributed by atoms with Crippen molar-refractivity contribution in [2.45, 2.75) is 26.8 Å². The van der Waals surface area contributed by atoms with Crippen molar-refractivity contribution in [3.05, 3.63) is 106 Å². The van der Waals surface area contributed by atoms with E-state index in [1.165, 1.54) is 4.31 Å². The third kappa shape index (κ3) is 3.82. The molecule has 0 fully saturated rings. The van der Waals surface area contributed by atoms with Gasteiger partial charge >= 0.3 is 0 Å². The summed E-state index contributed by atoms with van der Waals surface area (Å²) in [5.41, 5.74) is 4.45. The Morgan fingerprint density at radius 3 is 2.22 bits per heavy atom. The van der Waals surface area contributed by atoms with Gasteiger partial charge < -0.3 is 5.32 Å². The van der Waals surface area contributed by atoms with Gasteiger partial charge in [-0.15, -0.1) is 0 Å². The van der Waals surface area contributed by atoms with Gasteiger partial charge in [-0.25, -0.2) is 8.42 Å². The lowest BCUT2D eigenvalue weighted by Crippen LogP contribution is -2.41. The molecule has 5 nitrogen and oxygen atoms in total.